The summed E-state index contributed by atoms with van der Waals surface area (Å²) >= 11 is 5.81. The standard InChI is InChI=1S/C10H11ClFNO/c1-13-5-7(6-14)10-8(11)3-2-4-9(10)12/h2-4,6-7,13H,5H2,1H3. The Morgan fingerprint density at radius 2 is 2.36 bits per heavy atom. The summed E-state index contributed by atoms with van der Waals surface area (Å²) in [4.78, 5) is 10.7. The van der Waals surface area contributed by atoms with Gasteiger partial charge in [0.25, 0.3) is 0 Å². The van der Waals surface area contributed by atoms with Gasteiger partial charge in [0.05, 0.1) is 5.92 Å². The highest BCUT2D eigenvalue weighted by atomic mass is 35.5. The number of halogens is 2. The Balaban J connectivity index is 3.08. The normalized spacial score (nSPS) is 12.5. The van der Waals surface area contributed by atoms with Gasteiger partial charge in [-0.15, -0.1) is 0 Å². The lowest BCUT2D eigenvalue weighted by molar-refractivity contribution is -0.109. The van der Waals surface area contributed by atoms with Gasteiger partial charge in [-0.25, -0.2) is 4.39 Å². The van der Waals surface area contributed by atoms with Crippen LogP contribution < -0.4 is 5.32 Å². The van der Waals surface area contributed by atoms with Crippen molar-refractivity contribution in [3.8, 4) is 0 Å². The zero-order chi connectivity index (χ0) is 10.6. The predicted molar refractivity (Wildman–Crippen MR) is 54.1 cm³/mol. The van der Waals surface area contributed by atoms with E-state index >= 15 is 0 Å². The molecule has 0 aliphatic rings. The molecular weight excluding hydrogens is 205 g/mol. The summed E-state index contributed by atoms with van der Waals surface area (Å²) in [5.41, 5.74) is 0.263. The Morgan fingerprint density at radius 1 is 1.64 bits per heavy atom. The van der Waals surface area contributed by atoms with Gasteiger partial charge in [-0.05, 0) is 19.2 Å². The van der Waals surface area contributed by atoms with Crippen LogP contribution in [0.5, 0.6) is 0 Å². The van der Waals surface area contributed by atoms with Crippen molar-refractivity contribution in [2.75, 3.05) is 13.6 Å². The minimum atomic E-state index is -0.534. The first-order valence-electron chi connectivity index (χ1n) is 4.24. The average Bonchev–Trinajstić information content (AvgIpc) is 2.16. The summed E-state index contributed by atoms with van der Waals surface area (Å²) in [6, 6.07) is 4.39. The molecule has 0 amide bonds. The fourth-order valence-electron chi connectivity index (χ4n) is 1.30. The summed E-state index contributed by atoms with van der Waals surface area (Å²) in [5.74, 6) is -0.974. The van der Waals surface area contributed by atoms with E-state index in [-0.39, 0.29) is 10.6 Å². The molecule has 0 aliphatic carbocycles. The van der Waals surface area contributed by atoms with E-state index in [1.165, 1.54) is 12.1 Å². The Bertz CT molecular complexity index is 310. The van der Waals surface area contributed by atoms with E-state index < -0.39 is 11.7 Å². The first kappa shape index (κ1) is 11.1. The van der Waals surface area contributed by atoms with Gasteiger partial charge in [0.15, 0.2) is 0 Å². The molecule has 4 heteroatoms. The van der Waals surface area contributed by atoms with E-state index in [0.29, 0.717) is 12.8 Å². The van der Waals surface area contributed by atoms with Crippen LogP contribution in [0.3, 0.4) is 0 Å². The maximum Gasteiger partial charge on any atom is 0.128 e. The van der Waals surface area contributed by atoms with Gasteiger partial charge in [0, 0.05) is 17.1 Å². The Morgan fingerprint density at radius 3 is 2.86 bits per heavy atom. The quantitative estimate of drug-likeness (QED) is 0.779. The minimum absolute atomic E-state index is 0.263. The summed E-state index contributed by atoms with van der Waals surface area (Å²) in [7, 11) is 1.70. The molecule has 1 rings (SSSR count). The lowest BCUT2D eigenvalue weighted by Crippen LogP contribution is -2.19. The van der Waals surface area contributed by atoms with Crippen LogP contribution in [-0.4, -0.2) is 19.9 Å². The molecule has 1 unspecified atom stereocenters. The lowest BCUT2D eigenvalue weighted by Gasteiger charge is -2.12. The third kappa shape index (κ3) is 2.30. The molecule has 0 radical (unpaired) electrons. The molecule has 1 aromatic carbocycles. The zero-order valence-corrected chi connectivity index (χ0v) is 8.51. The van der Waals surface area contributed by atoms with Crippen molar-refractivity contribution in [3.63, 3.8) is 0 Å². The van der Waals surface area contributed by atoms with Crippen LogP contribution in [0.1, 0.15) is 11.5 Å². The fourth-order valence-corrected chi connectivity index (χ4v) is 1.61. The number of benzene rings is 1. The van der Waals surface area contributed by atoms with Crippen molar-refractivity contribution < 1.29 is 9.18 Å². The van der Waals surface area contributed by atoms with Crippen LogP contribution in [0, 0.1) is 5.82 Å². The summed E-state index contributed by atoms with van der Waals surface area (Å²) in [5, 5.41) is 3.10. The average molecular weight is 216 g/mol. The molecule has 0 aromatic heterocycles. The highest BCUT2D eigenvalue weighted by Crippen LogP contribution is 2.25. The molecule has 1 atom stereocenters. The van der Waals surface area contributed by atoms with E-state index in [2.05, 4.69) is 5.32 Å². The van der Waals surface area contributed by atoms with Crippen LogP contribution in [0.4, 0.5) is 4.39 Å². The van der Waals surface area contributed by atoms with Crippen molar-refractivity contribution in [2.45, 2.75) is 5.92 Å². The molecule has 14 heavy (non-hydrogen) atoms. The maximum atomic E-state index is 13.3. The van der Waals surface area contributed by atoms with Gasteiger partial charge < -0.3 is 10.1 Å². The van der Waals surface area contributed by atoms with E-state index in [1.54, 1.807) is 13.1 Å². The van der Waals surface area contributed by atoms with Crippen molar-refractivity contribution in [3.05, 3.63) is 34.6 Å². The highest BCUT2D eigenvalue weighted by molar-refractivity contribution is 6.31. The first-order valence-corrected chi connectivity index (χ1v) is 4.62. The molecular formula is C10H11ClFNO. The Labute approximate surface area is 87.1 Å². The zero-order valence-electron chi connectivity index (χ0n) is 7.76. The molecule has 1 aromatic rings. The Kier molecular flexibility index (Phi) is 4.04. The lowest BCUT2D eigenvalue weighted by atomic mass is 10.00. The number of rotatable bonds is 4. The summed E-state index contributed by atoms with van der Waals surface area (Å²) < 4.78 is 13.3. The largest absolute Gasteiger partial charge is 0.319 e. The molecule has 0 heterocycles. The van der Waals surface area contributed by atoms with E-state index in [4.69, 9.17) is 11.6 Å². The predicted octanol–water partition coefficient (Wildman–Crippen LogP) is 1.98. The second kappa shape index (κ2) is 5.08. The van der Waals surface area contributed by atoms with Crippen LogP contribution in [-0.2, 0) is 4.79 Å². The molecule has 1 N–H and O–H groups in total. The third-order valence-corrected chi connectivity index (χ3v) is 2.29. The minimum Gasteiger partial charge on any atom is -0.319 e. The topological polar surface area (TPSA) is 29.1 Å². The molecule has 2 nitrogen and oxygen atoms in total. The van der Waals surface area contributed by atoms with Crippen LogP contribution in [0.15, 0.2) is 18.2 Å². The van der Waals surface area contributed by atoms with Crippen LogP contribution in [0.2, 0.25) is 5.02 Å². The molecule has 0 aliphatic heterocycles. The number of nitrogens with one attached hydrogen (secondary N) is 1. The van der Waals surface area contributed by atoms with Gasteiger partial charge in [0.2, 0.25) is 0 Å². The molecule has 0 bridgehead atoms. The maximum absolute atomic E-state index is 13.3. The number of carbonyl (C=O) groups is 1. The SMILES string of the molecule is CNCC(C=O)c1c(F)cccc1Cl. The van der Waals surface area contributed by atoms with Crippen LogP contribution >= 0.6 is 11.6 Å². The van der Waals surface area contributed by atoms with Gasteiger partial charge in [-0.1, -0.05) is 17.7 Å². The van der Waals surface area contributed by atoms with Gasteiger partial charge >= 0.3 is 0 Å². The van der Waals surface area contributed by atoms with E-state index in [1.807, 2.05) is 0 Å². The van der Waals surface area contributed by atoms with Gasteiger partial charge in [-0.3, -0.25) is 0 Å². The number of aldehydes is 1. The highest BCUT2D eigenvalue weighted by Gasteiger charge is 2.17. The fraction of sp³-hybridized carbons (Fsp3) is 0.300. The van der Waals surface area contributed by atoms with E-state index in [0.717, 1.165) is 0 Å². The smallest absolute Gasteiger partial charge is 0.128 e. The van der Waals surface area contributed by atoms with Crippen molar-refractivity contribution in [2.24, 2.45) is 0 Å². The molecule has 76 valence electrons. The second-order valence-electron chi connectivity index (χ2n) is 2.94. The number of carbonyl (C=O) groups excluding carboxylic acids is 1. The Hall–Kier alpha value is -0.930. The van der Waals surface area contributed by atoms with Crippen molar-refractivity contribution in [1.82, 2.24) is 5.32 Å². The molecule has 0 saturated carbocycles. The molecule has 0 spiro atoms. The van der Waals surface area contributed by atoms with Crippen molar-refractivity contribution in [1.29, 1.82) is 0 Å². The first-order chi connectivity index (χ1) is 6.70. The monoisotopic (exact) mass is 215 g/mol. The van der Waals surface area contributed by atoms with Crippen LogP contribution in [0.25, 0.3) is 0 Å². The number of hydrogen-bond acceptors (Lipinski definition) is 2. The second-order valence-corrected chi connectivity index (χ2v) is 3.34. The third-order valence-electron chi connectivity index (χ3n) is 1.96. The summed E-state index contributed by atoms with van der Waals surface area (Å²) in [6.07, 6.45) is 0.695. The number of likely N-dealkylation sites (N-methyl/N-ethyl adjacent to an activating group) is 1. The van der Waals surface area contributed by atoms with Gasteiger partial charge in [-0.2, -0.15) is 0 Å². The molecule has 0 saturated heterocycles. The van der Waals surface area contributed by atoms with Crippen molar-refractivity contribution >= 4 is 17.9 Å². The number of hydrogen-bond donors (Lipinski definition) is 1. The summed E-state index contributed by atoms with van der Waals surface area (Å²) in [6.45, 7) is 0.379. The molecule has 0 fully saturated rings. The van der Waals surface area contributed by atoms with Gasteiger partial charge in [0.1, 0.15) is 12.1 Å². The van der Waals surface area contributed by atoms with E-state index in [9.17, 15) is 9.18 Å².